The molecule has 0 aliphatic rings. The van der Waals surface area contributed by atoms with Crippen LogP contribution in [0, 0.1) is 0 Å². The Morgan fingerprint density at radius 3 is 2.79 bits per heavy atom. The van der Waals surface area contributed by atoms with Gasteiger partial charge in [0, 0.05) is 12.1 Å². The molecule has 0 saturated carbocycles. The van der Waals surface area contributed by atoms with Crippen LogP contribution >= 0.6 is 0 Å². The van der Waals surface area contributed by atoms with E-state index in [1.54, 1.807) is 14.0 Å². The summed E-state index contributed by atoms with van der Waals surface area (Å²) in [5.41, 5.74) is 1.07. The van der Waals surface area contributed by atoms with Crippen LogP contribution in [-0.2, 0) is 11.3 Å². The monoisotopic (exact) mass is 193 g/mol. The van der Waals surface area contributed by atoms with Gasteiger partial charge >= 0.3 is 0 Å². The second-order valence-corrected chi connectivity index (χ2v) is 3.12. The summed E-state index contributed by atoms with van der Waals surface area (Å²) in [6, 6.07) is 7.76. The molecule has 1 aromatic rings. The lowest BCUT2D eigenvalue weighted by atomic mass is 10.2. The number of Topliss-reactive ketones (excluding diaryl/α,β-unsaturated/α-hetero) is 1. The fourth-order valence-corrected chi connectivity index (χ4v) is 1.22. The van der Waals surface area contributed by atoms with Gasteiger partial charge in [-0.25, -0.2) is 0 Å². The Kier molecular flexibility index (Phi) is 4.13. The molecular formula is C11H15NO2. The van der Waals surface area contributed by atoms with Gasteiger partial charge in [-0.3, -0.25) is 4.79 Å². The smallest absolute Gasteiger partial charge is 0.143 e. The van der Waals surface area contributed by atoms with Crippen LogP contribution in [0.5, 0.6) is 5.75 Å². The van der Waals surface area contributed by atoms with E-state index in [9.17, 15) is 4.79 Å². The van der Waals surface area contributed by atoms with Gasteiger partial charge in [-0.2, -0.15) is 0 Å². The summed E-state index contributed by atoms with van der Waals surface area (Å²) in [6.07, 6.45) is 0. The number of nitrogens with one attached hydrogen (secondary N) is 1. The zero-order valence-electron chi connectivity index (χ0n) is 8.54. The largest absolute Gasteiger partial charge is 0.496 e. The number of ketones is 1. The Morgan fingerprint density at radius 2 is 2.14 bits per heavy atom. The quantitative estimate of drug-likeness (QED) is 0.767. The summed E-state index contributed by atoms with van der Waals surface area (Å²) >= 11 is 0. The SMILES string of the molecule is COc1ccccc1CNCC(C)=O. The van der Waals surface area contributed by atoms with Crippen molar-refractivity contribution in [3.05, 3.63) is 29.8 Å². The van der Waals surface area contributed by atoms with Gasteiger partial charge in [0.1, 0.15) is 11.5 Å². The number of methoxy groups -OCH3 is 1. The van der Waals surface area contributed by atoms with E-state index in [1.807, 2.05) is 24.3 Å². The van der Waals surface area contributed by atoms with Crippen molar-refractivity contribution in [2.45, 2.75) is 13.5 Å². The highest BCUT2D eigenvalue weighted by atomic mass is 16.5. The van der Waals surface area contributed by atoms with Crippen LogP contribution in [0.3, 0.4) is 0 Å². The third kappa shape index (κ3) is 3.18. The number of carbonyl (C=O) groups excluding carboxylic acids is 1. The minimum atomic E-state index is 0.139. The average Bonchev–Trinajstić information content (AvgIpc) is 2.18. The Balaban J connectivity index is 2.53. The minimum Gasteiger partial charge on any atom is -0.496 e. The van der Waals surface area contributed by atoms with Crippen LogP contribution < -0.4 is 10.1 Å². The molecule has 76 valence electrons. The topological polar surface area (TPSA) is 38.3 Å². The molecule has 0 bridgehead atoms. The number of rotatable bonds is 5. The van der Waals surface area contributed by atoms with Gasteiger partial charge in [-0.1, -0.05) is 18.2 Å². The summed E-state index contributed by atoms with van der Waals surface area (Å²) < 4.78 is 5.18. The molecule has 0 fully saturated rings. The van der Waals surface area contributed by atoms with Crippen LogP contribution in [0.15, 0.2) is 24.3 Å². The second kappa shape index (κ2) is 5.40. The van der Waals surface area contributed by atoms with Crippen molar-refractivity contribution in [2.75, 3.05) is 13.7 Å². The Hall–Kier alpha value is -1.35. The standard InChI is InChI=1S/C11H15NO2/c1-9(13)7-12-8-10-5-3-4-6-11(10)14-2/h3-6,12H,7-8H2,1-2H3. The van der Waals surface area contributed by atoms with E-state index in [-0.39, 0.29) is 5.78 Å². The summed E-state index contributed by atoms with van der Waals surface area (Å²) in [4.78, 5) is 10.7. The fraction of sp³-hybridized carbons (Fsp3) is 0.364. The van der Waals surface area contributed by atoms with E-state index in [0.717, 1.165) is 11.3 Å². The molecule has 0 spiro atoms. The van der Waals surface area contributed by atoms with Gasteiger partial charge in [0.15, 0.2) is 0 Å². The number of hydrogen-bond acceptors (Lipinski definition) is 3. The first-order valence-electron chi connectivity index (χ1n) is 4.56. The molecule has 0 atom stereocenters. The van der Waals surface area contributed by atoms with Crippen LogP contribution in [0.25, 0.3) is 0 Å². The number of carbonyl (C=O) groups is 1. The summed E-state index contributed by atoms with van der Waals surface area (Å²) in [6.45, 7) is 2.62. The maximum Gasteiger partial charge on any atom is 0.143 e. The van der Waals surface area contributed by atoms with Crippen molar-refractivity contribution in [3.8, 4) is 5.75 Å². The summed E-state index contributed by atoms with van der Waals surface area (Å²) in [7, 11) is 1.64. The van der Waals surface area contributed by atoms with Crippen molar-refractivity contribution in [3.63, 3.8) is 0 Å². The molecule has 0 saturated heterocycles. The van der Waals surface area contributed by atoms with Gasteiger partial charge in [0.05, 0.1) is 13.7 Å². The Labute approximate surface area is 84.1 Å². The van der Waals surface area contributed by atoms with E-state index < -0.39 is 0 Å². The van der Waals surface area contributed by atoms with E-state index in [1.165, 1.54) is 0 Å². The first-order valence-corrected chi connectivity index (χ1v) is 4.56. The van der Waals surface area contributed by atoms with Gasteiger partial charge in [0.25, 0.3) is 0 Å². The van der Waals surface area contributed by atoms with Gasteiger partial charge < -0.3 is 10.1 Å². The highest BCUT2D eigenvalue weighted by Crippen LogP contribution is 2.16. The molecule has 0 unspecified atom stereocenters. The zero-order valence-corrected chi connectivity index (χ0v) is 8.54. The molecule has 14 heavy (non-hydrogen) atoms. The first kappa shape index (κ1) is 10.7. The van der Waals surface area contributed by atoms with Crippen molar-refractivity contribution in [1.29, 1.82) is 0 Å². The van der Waals surface area contributed by atoms with Crippen molar-refractivity contribution in [1.82, 2.24) is 5.32 Å². The van der Waals surface area contributed by atoms with E-state index in [4.69, 9.17) is 4.74 Å². The number of benzene rings is 1. The molecule has 0 aliphatic heterocycles. The van der Waals surface area contributed by atoms with E-state index >= 15 is 0 Å². The molecule has 0 radical (unpaired) electrons. The molecular weight excluding hydrogens is 178 g/mol. The molecule has 0 amide bonds. The normalized spacial score (nSPS) is 9.86. The van der Waals surface area contributed by atoms with Crippen molar-refractivity contribution < 1.29 is 9.53 Å². The molecule has 1 aromatic carbocycles. The minimum absolute atomic E-state index is 0.139. The van der Waals surface area contributed by atoms with Gasteiger partial charge in [-0.05, 0) is 13.0 Å². The highest BCUT2D eigenvalue weighted by molar-refractivity contribution is 5.77. The zero-order chi connectivity index (χ0) is 10.4. The van der Waals surface area contributed by atoms with Gasteiger partial charge in [-0.15, -0.1) is 0 Å². The highest BCUT2D eigenvalue weighted by Gasteiger charge is 2.00. The number of hydrogen-bond donors (Lipinski definition) is 1. The molecule has 0 heterocycles. The third-order valence-electron chi connectivity index (χ3n) is 1.88. The van der Waals surface area contributed by atoms with Crippen LogP contribution in [-0.4, -0.2) is 19.4 Å². The van der Waals surface area contributed by atoms with Crippen LogP contribution in [0.4, 0.5) is 0 Å². The van der Waals surface area contributed by atoms with E-state index in [2.05, 4.69) is 5.32 Å². The first-order chi connectivity index (χ1) is 6.74. The molecule has 3 heteroatoms. The summed E-state index contributed by atoms with van der Waals surface area (Å²) in [5.74, 6) is 0.989. The average molecular weight is 193 g/mol. The molecule has 1 rings (SSSR count). The van der Waals surface area contributed by atoms with E-state index in [0.29, 0.717) is 13.1 Å². The van der Waals surface area contributed by atoms with Crippen LogP contribution in [0.2, 0.25) is 0 Å². The Morgan fingerprint density at radius 1 is 1.43 bits per heavy atom. The van der Waals surface area contributed by atoms with Gasteiger partial charge in [0.2, 0.25) is 0 Å². The maximum absolute atomic E-state index is 10.7. The van der Waals surface area contributed by atoms with Crippen LogP contribution in [0.1, 0.15) is 12.5 Å². The lowest BCUT2D eigenvalue weighted by Crippen LogP contribution is -2.20. The number of para-hydroxylation sites is 1. The van der Waals surface area contributed by atoms with Crippen molar-refractivity contribution >= 4 is 5.78 Å². The predicted octanol–water partition coefficient (Wildman–Crippen LogP) is 1.37. The maximum atomic E-state index is 10.7. The Bertz CT molecular complexity index is 310. The fourth-order valence-electron chi connectivity index (χ4n) is 1.22. The third-order valence-corrected chi connectivity index (χ3v) is 1.88. The molecule has 1 N–H and O–H groups in total. The number of ether oxygens (including phenoxy) is 1. The van der Waals surface area contributed by atoms with Crippen molar-refractivity contribution in [2.24, 2.45) is 0 Å². The molecule has 0 aliphatic carbocycles. The lowest BCUT2D eigenvalue weighted by molar-refractivity contribution is -0.116. The second-order valence-electron chi connectivity index (χ2n) is 3.12. The lowest BCUT2D eigenvalue weighted by Gasteiger charge is -2.07. The predicted molar refractivity (Wildman–Crippen MR) is 55.4 cm³/mol. The molecule has 3 nitrogen and oxygen atoms in total. The summed E-state index contributed by atoms with van der Waals surface area (Å²) in [5, 5.41) is 3.05. The molecule has 0 aromatic heterocycles.